The Hall–Kier alpha value is -3.11. The van der Waals surface area contributed by atoms with E-state index < -0.39 is 31.3 Å². The van der Waals surface area contributed by atoms with Gasteiger partial charge in [0.1, 0.15) is 77.8 Å². The van der Waals surface area contributed by atoms with Crippen LogP contribution in [0.2, 0.25) is 0 Å². The summed E-state index contributed by atoms with van der Waals surface area (Å²) in [5, 5.41) is 40.9. The van der Waals surface area contributed by atoms with Crippen LogP contribution in [0, 0.1) is 0 Å². The molecule has 0 amide bonds. The second-order valence-electron chi connectivity index (χ2n) is 24.0. The molecule has 0 bridgehead atoms. The van der Waals surface area contributed by atoms with Crippen LogP contribution < -0.4 is 97.6 Å². The summed E-state index contributed by atoms with van der Waals surface area (Å²) in [5.74, 6) is 0.952. The summed E-state index contributed by atoms with van der Waals surface area (Å²) in [6.45, 7) is 30.7. The molecule has 0 aliphatic rings. The SMILES string of the molecule is CC(C)c1cc(Br)cc(C(C)C)c1OP(=O)([O-])[O-].CC(C)c1cc(Br)cc(C(C)C)c1OP(=O)([O-])[O-].CC(C)c1cc(Br)cc(C(C)C)c1OP(=O)([O-])[O-].CC(C)c1cc(Br)cc(C(C)C)c1OP(=O)([O-])[O-].[O-]c1cccc[nH+]1.[O-]c1cccc[nH+]1.[O-]c1cccc[nH+]1.[O-]c1cccc[nH+]1.[Zn+2].[Zn+2].[Zn+2].[Zn+2]. The molecule has 0 radical (unpaired) electrons. The monoisotopic (exact) mass is 1970 g/mol. The third-order valence-corrected chi connectivity index (χ3v) is 16.4. The molecule has 4 aromatic heterocycles. The fourth-order valence-electron chi connectivity index (χ4n) is 8.35. The summed E-state index contributed by atoms with van der Waals surface area (Å²) in [4.78, 5) is 96.9. The van der Waals surface area contributed by atoms with Crippen LogP contribution in [0.5, 0.6) is 46.5 Å². The molecule has 0 spiro atoms. The van der Waals surface area contributed by atoms with Gasteiger partial charge in [0.15, 0.2) is 24.8 Å². The van der Waals surface area contributed by atoms with Crippen LogP contribution in [0.3, 0.4) is 0 Å². The van der Waals surface area contributed by atoms with E-state index in [-0.39, 0.29) is 172 Å². The Morgan fingerprint density at radius 1 is 0.269 bits per heavy atom. The Balaban J connectivity index is -0.000000563. The van der Waals surface area contributed by atoms with Crippen molar-refractivity contribution in [1.82, 2.24) is 0 Å². The largest absolute Gasteiger partial charge is 2.00 e. The standard InChI is InChI=1S/4C12H18BrO4P.4C5H5NO.4Zn/c4*1-7(2)10-5-9(13)6-11(8(3)4)12(10)17-18(14,15)16;4*7-5-3-1-2-4-6-5;;;;/h4*5-8H,1-4H3,(H2,14,15,16);4*1-4H,(H,6,7);;;;/q;;;;;;;;4*+2/p-8. The number of H-pyrrole nitrogens is 4. The second kappa shape index (κ2) is 52.1. The zero-order chi connectivity index (χ0) is 76.8. The van der Waals surface area contributed by atoms with E-state index in [1.54, 1.807) is 122 Å². The summed E-state index contributed by atoms with van der Waals surface area (Å²) in [7, 11) is -20.2. The minimum atomic E-state index is -5.05. The quantitative estimate of drug-likeness (QED) is 0.0641. The molecule has 0 aliphatic carbocycles. The average Bonchev–Trinajstić information content (AvgIpc) is 0.826. The molecule has 0 saturated heterocycles. The van der Waals surface area contributed by atoms with Crippen molar-refractivity contribution >= 4 is 95.0 Å². The smallest absolute Gasteiger partial charge is 0.823 e. The van der Waals surface area contributed by atoms with E-state index in [0.717, 1.165) is 17.9 Å². The summed E-state index contributed by atoms with van der Waals surface area (Å²) in [5.41, 5.74) is 5.67. The fraction of sp³-hybridized carbons (Fsp3) is 0.353. The topological polar surface area (TPSA) is 438 Å². The molecule has 0 fully saturated rings. The van der Waals surface area contributed by atoms with Crippen LogP contribution in [0.1, 0.15) is 203 Å². The van der Waals surface area contributed by atoms with E-state index in [0.29, 0.717) is 44.5 Å². The first-order valence-corrected chi connectivity index (χ1v) is 39.8. The predicted octanol–water partition coefficient (Wildman–Crippen LogP) is 9.90. The zero-order valence-electron chi connectivity index (χ0n) is 60.8. The number of aromatic amines is 4. The Kier molecular flexibility index (Phi) is 53.8. The van der Waals surface area contributed by atoms with E-state index in [1.165, 1.54) is 24.3 Å². The van der Waals surface area contributed by atoms with Crippen LogP contribution in [-0.2, 0) is 96.2 Å². The van der Waals surface area contributed by atoms with Crippen molar-refractivity contribution in [3.63, 3.8) is 0 Å². The normalized spacial score (nSPS) is 10.8. The average molecular weight is 1980 g/mol. The molecule has 4 N–H and O–H groups in total. The molecule has 0 aliphatic heterocycles. The number of rotatable bonds is 16. The van der Waals surface area contributed by atoms with Gasteiger partial charge in [0, 0.05) is 42.2 Å². The van der Waals surface area contributed by atoms with Crippen LogP contribution in [-0.4, -0.2) is 0 Å². The number of hydrogen-bond acceptors (Lipinski definition) is 20. The van der Waals surface area contributed by atoms with Gasteiger partial charge in [-0.25, -0.2) is 19.9 Å². The Morgan fingerprint density at radius 3 is 0.462 bits per heavy atom. The van der Waals surface area contributed by atoms with Gasteiger partial charge in [0.05, 0.1) is 0 Å². The summed E-state index contributed by atoms with van der Waals surface area (Å²) in [6.07, 6.45) is 6.40. The zero-order valence-corrected chi connectivity index (χ0v) is 82.6. The fourth-order valence-corrected chi connectivity index (χ4v) is 12.1. The van der Waals surface area contributed by atoms with Crippen LogP contribution in [0.4, 0.5) is 0 Å². The Bertz CT molecular complexity index is 3340. The van der Waals surface area contributed by atoms with Gasteiger partial charge in [0.25, 0.3) is 0 Å². The summed E-state index contributed by atoms with van der Waals surface area (Å²) in [6, 6.07) is 34.0. The molecule has 8 aromatic rings. The number of phosphoric ester groups is 4. The molecule has 0 atom stereocenters. The first-order valence-electron chi connectivity index (χ1n) is 30.8. The number of hydrogen-bond donors (Lipinski definition) is 0. The minimum Gasteiger partial charge on any atom is -0.823 e. The molecule has 0 unspecified atom stereocenters. The molecule has 4 heterocycles. The van der Waals surface area contributed by atoms with Crippen molar-refractivity contribution in [2.24, 2.45) is 0 Å². The maximum Gasteiger partial charge on any atom is 2.00 e. The maximum atomic E-state index is 10.9. The van der Waals surface area contributed by atoms with Gasteiger partial charge < -0.3 is 95.9 Å². The van der Waals surface area contributed by atoms with E-state index >= 15 is 0 Å². The predicted molar refractivity (Wildman–Crippen MR) is 372 cm³/mol. The Labute approximate surface area is 695 Å². The molecule has 0 saturated carbocycles. The van der Waals surface area contributed by atoms with Gasteiger partial charge in [-0.1, -0.05) is 199 Å². The maximum absolute atomic E-state index is 10.9. The van der Waals surface area contributed by atoms with Crippen molar-refractivity contribution < 1.29 is 194 Å². The van der Waals surface area contributed by atoms with Crippen molar-refractivity contribution in [3.05, 3.63) is 209 Å². The molecule has 552 valence electrons. The van der Waals surface area contributed by atoms with Gasteiger partial charge >= 0.3 is 77.9 Å². The van der Waals surface area contributed by atoms with Gasteiger partial charge in [0.2, 0.25) is 0 Å². The Morgan fingerprint density at radius 2 is 0.394 bits per heavy atom. The second-order valence-corrected chi connectivity index (χ2v) is 31.9. The van der Waals surface area contributed by atoms with Crippen molar-refractivity contribution in [2.75, 3.05) is 0 Å². The van der Waals surface area contributed by atoms with Crippen molar-refractivity contribution in [1.29, 1.82) is 0 Å². The molecule has 24 nitrogen and oxygen atoms in total. The summed E-state index contributed by atoms with van der Waals surface area (Å²) >= 11 is 13.5. The molecule has 4 aromatic carbocycles. The first kappa shape index (κ1) is 107. The van der Waals surface area contributed by atoms with Crippen molar-refractivity contribution in [2.45, 2.75) is 158 Å². The van der Waals surface area contributed by atoms with Gasteiger partial charge in [-0.05, 0) is 165 Å². The number of phosphoric acid groups is 4. The van der Waals surface area contributed by atoms with Crippen LogP contribution in [0.15, 0.2) is 164 Å². The van der Waals surface area contributed by atoms with Gasteiger partial charge in [-0.15, -0.1) is 0 Å². The van der Waals surface area contributed by atoms with Crippen molar-refractivity contribution in [3.8, 4) is 46.5 Å². The minimum absolute atomic E-state index is 0. The van der Waals surface area contributed by atoms with Gasteiger partial charge in [-0.3, -0.25) is 0 Å². The van der Waals surface area contributed by atoms with Gasteiger partial charge in [-0.2, -0.15) is 0 Å². The molecular weight excluding hydrogens is 1900 g/mol. The van der Waals surface area contributed by atoms with E-state index in [4.69, 9.17) is 0 Å². The third kappa shape index (κ3) is 45.1. The van der Waals surface area contributed by atoms with E-state index in [9.17, 15) is 77.8 Å². The van der Waals surface area contributed by atoms with Crippen LogP contribution >= 0.6 is 95.0 Å². The number of nitrogens with one attached hydrogen (secondary N) is 4. The number of aromatic nitrogens is 4. The molecule has 104 heavy (non-hydrogen) atoms. The summed E-state index contributed by atoms with van der Waals surface area (Å²) < 4.78 is 65.5. The van der Waals surface area contributed by atoms with Crippen LogP contribution in [0.25, 0.3) is 0 Å². The van der Waals surface area contributed by atoms with E-state index in [2.05, 4.69) is 102 Å². The number of benzene rings is 4. The number of pyridine rings is 4. The van der Waals surface area contributed by atoms with E-state index in [1.807, 2.05) is 111 Å². The first-order chi connectivity index (χ1) is 46.0. The molecule has 36 heteroatoms. The molecule has 8 rings (SSSR count). The number of halogens is 4. The molecular formula is C68H84Br4N4O20P4Zn4. The third-order valence-electron chi connectivity index (χ3n) is 13.0.